The van der Waals surface area contributed by atoms with Crippen LogP contribution >= 0.6 is 0 Å². The molecule has 1 heterocycles. The Labute approximate surface area is 100 Å². The molecule has 1 unspecified atom stereocenters. The maximum absolute atomic E-state index is 5.82. The van der Waals surface area contributed by atoms with Crippen molar-refractivity contribution in [2.45, 2.75) is 5.92 Å². The Bertz CT molecular complexity index is 456. The van der Waals surface area contributed by atoms with Gasteiger partial charge in [-0.25, -0.2) is 9.97 Å². The first kappa shape index (κ1) is 11.5. The number of benzene rings is 1. The molecule has 4 heteroatoms. The third-order valence-corrected chi connectivity index (χ3v) is 2.72. The van der Waals surface area contributed by atoms with E-state index in [1.165, 1.54) is 0 Å². The van der Waals surface area contributed by atoms with Crippen LogP contribution in [-0.4, -0.2) is 23.6 Å². The lowest BCUT2D eigenvalue weighted by molar-refractivity contribution is 0.414. The van der Waals surface area contributed by atoms with Gasteiger partial charge >= 0.3 is 0 Å². The molecule has 0 amide bonds. The minimum Gasteiger partial charge on any atom is -0.497 e. The molecule has 4 nitrogen and oxygen atoms in total. The van der Waals surface area contributed by atoms with E-state index in [0.29, 0.717) is 6.54 Å². The first-order chi connectivity index (χ1) is 8.35. The molecule has 0 bridgehead atoms. The predicted octanol–water partition coefficient (Wildman–Crippen LogP) is 1.58. The minimum absolute atomic E-state index is 0.101. The largest absolute Gasteiger partial charge is 0.497 e. The Balaban J connectivity index is 2.29. The van der Waals surface area contributed by atoms with E-state index in [9.17, 15) is 0 Å². The highest BCUT2D eigenvalue weighted by atomic mass is 16.5. The fourth-order valence-electron chi connectivity index (χ4n) is 1.77. The summed E-state index contributed by atoms with van der Waals surface area (Å²) < 4.78 is 5.13. The molecule has 1 atom stereocenters. The monoisotopic (exact) mass is 229 g/mol. The molecule has 0 aliphatic carbocycles. The van der Waals surface area contributed by atoms with Gasteiger partial charge in [0.15, 0.2) is 0 Å². The summed E-state index contributed by atoms with van der Waals surface area (Å²) in [7, 11) is 1.65. The highest BCUT2D eigenvalue weighted by molar-refractivity contribution is 5.33. The van der Waals surface area contributed by atoms with Crippen LogP contribution in [0, 0.1) is 0 Å². The summed E-state index contributed by atoms with van der Waals surface area (Å²) >= 11 is 0. The van der Waals surface area contributed by atoms with Crippen molar-refractivity contribution in [1.82, 2.24) is 9.97 Å². The molecular weight excluding hydrogens is 214 g/mol. The van der Waals surface area contributed by atoms with Crippen molar-refractivity contribution in [1.29, 1.82) is 0 Å². The van der Waals surface area contributed by atoms with Crippen molar-refractivity contribution in [3.63, 3.8) is 0 Å². The summed E-state index contributed by atoms with van der Waals surface area (Å²) in [5.41, 5.74) is 7.88. The summed E-state index contributed by atoms with van der Waals surface area (Å²) in [6.45, 7) is 0.517. The molecule has 17 heavy (non-hydrogen) atoms. The van der Waals surface area contributed by atoms with Gasteiger partial charge in [0.25, 0.3) is 0 Å². The maximum atomic E-state index is 5.82. The van der Waals surface area contributed by atoms with Crippen LogP contribution in [-0.2, 0) is 0 Å². The van der Waals surface area contributed by atoms with Gasteiger partial charge in [-0.05, 0) is 23.8 Å². The van der Waals surface area contributed by atoms with Gasteiger partial charge in [-0.1, -0.05) is 12.1 Å². The molecule has 0 radical (unpaired) electrons. The quantitative estimate of drug-likeness (QED) is 0.864. The zero-order valence-corrected chi connectivity index (χ0v) is 9.71. The zero-order chi connectivity index (χ0) is 12.1. The van der Waals surface area contributed by atoms with Crippen molar-refractivity contribution in [3.8, 4) is 5.75 Å². The van der Waals surface area contributed by atoms with Crippen LogP contribution < -0.4 is 10.5 Å². The van der Waals surface area contributed by atoms with Crippen LogP contribution in [0.4, 0.5) is 0 Å². The van der Waals surface area contributed by atoms with Gasteiger partial charge in [-0.3, -0.25) is 0 Å². The molecule has 2 N–H and O–H groups in total. The van der Waals surface area contributed by atoms with Gasteiger partial charge in [0.2, 0.25) is 0 Å². The molecule has 0 aliphatic rings. The van der Waals surface area contributed by atoms with E-state index < -0.39 is 0 Å². The number of nitrogens with zero attached hydrogens (tertiary/aromatic N) is 2. The molecule has 0 saturated carbocycles. The number of hydrogen-bond acceptors (Lipinski definition) is 4. The van der Waals surface area contributed by atoms with E-state index in [2.05, 4.69) is 9.97 Å². The van der Waals surface area contributed by atoms with Gasteiger partial charge in [-0.15, -0.1) is 0 Å². The summed E-state index contributed by atoms with van der Waals surface area (Å²) in [5.74, 6) is 0.941. The Morgan fingerprint density at radius 1 is 1.24 bits per heavy atom. The summed E-state index contributed by atoms with van der Waals surface area (Å²) in [5, 5.41) is 0. The zero-order valence-electron chi connectivity index (χ0n) is 9.71. The second-order valence-corrected chi connectivity index (χ2v) is 3.70. The van der Waals surface area contributed by atoms with Crippen LogP contribution in [0.1, 0.15) is 17.2 Å². The minimum atomic E-state index is 0.101. The average Bonchev–Trinajstić information content (AvgIpc) is 2.42. The lowest BCUT2D eigenvalue weighted by atomic mass is 9.95. The number of rotatable bonds is 4. The van der Waals surface area contributed by atoms with Gasteiger partial charge in [0, 0.05) is 18.7 Å². The van der Waals surface area contributed by atoms with Crippen LogP contribution in [0.15, 0.2) is 42.9 Å². The molecule has 2 rings (SSSR count). The van der Waals surface area contributed by atoms with E-state index in [4.69, 9.17) is 10.5 Å². The van der Waals surface area contributed by atoms with Crippen LogP contribution in [0.2, 0.25) is 0 Å². The maximum Gasteiger partial charge on any atom is 0.118 e. The molecule has 0 spiro atoms. The van der Waals surface area contributed by atoms with Crippen molar-refractivity contribution in [2.75, 3.05) is 13.7 Å². The topological polar surface area (TPSA) is 61.0 Å². The number of nitrogens with two attached hydrogens (primary N) is 1. The summed E-state index contributed by atoms with van der Waals surface area (Å²) in [6, 6.07) is 9.77. The number of hydrogen-bond donors (Lipinski definition) is 1. The van der Waals surface area contributed by atoms with E-state index in [1.54, 1.807) is 19.6 Å². The SMILES string of the molecule is COc1ccc(C(CN)c2ccncn2)cc1. The van der Waals surface area contributed by atoms with Crippen LogP contribution in [0.3, 0.4) is 0 Å². The van der Waals surface area contributed by atoms with Gasteiger partial charge in [-0.2, -0.15) is 0 Å². The first-order valence-electron chi connectivity index (χ1n) is 5.45. The van der Waals surface area contributed by atoms with Gasteiger partial charge in [0.1, 0.15) is 12.1 Å². The molecule has 1 aromatic heterocycles. The fraction of sp³-hybridized carbons (Fsp3) is 0.231. The van der Waals surface area contributed by atoms with E-state index in [-0.39, 0.29) is 5.92 Å². The van der Waals surface area contributed by atoms with E-state index in [0.717, 1.165) is 17.0 Å². The highest BCUT2D eigenvalue weighted by Gasteiger charge is 2.13. The lowest BCUT2D eigenvalue weighted by Crippen LogP contribution is -2.15. The van der Waals surface area contributed by atoms with Crippen LogP contribution in [0.5, 0.6) is 5.75 Å². The predicted molar refractivity (Wildman–Crippen MR) is 65.9 cm³/mol. The third kappa shape index (κ3) is 2.60. The Morgan fingerprint density at radius 3 is 2.53 bits per heavy atom. The standard InChI is InChI=1S/C13H15N3O/c1-17-11-4-2-10(3-5-11)12(8-14)13-6-7-15-9-16-13/h2-7,9,12H,8,14H2,1H3. The molecule has 88 valence electrons. The molecular formula is C13H15N3O. The Kier molecular flexibility index (Phi) is 3.67. The van der Waals surface area contributed by atoms with Crippen molar-refractivity contribution in [3.05, 3.63) is 54.1 Å². The number of ether oxygens (including phenoxy) is 1. The second kappa shape index (κ2) is 5.41. The number of aromatic nitrogens is 2. The van der Waals surface area contributed by atoms with Gasteiger partial charge < -0.3 is 10.5 Å². The van der Waals surface area contributed by atoms with Gasteiger partial charge in [0.05, 0.1) is 12.8 Å². The van der Waals surface area contributed by atoms with Crippen molar-refractivity contribution in [2.24, 2.45) is 5.73 Å². The van der Waals surface area contributed by atoms with Crippen LogP contribution in [0.25, 0.3) is 0 Å². The van der Waals surface area contributed by atoms with Crippen molar-refractivity contribution >= 4 is 0 Å². The molecule has 0 aliphatic heterocycles. The molecule has 2 aromatic rings. The fourth-order valence-corrected chi connectivity index (χ4v) is 1.77. The summed E-state index contributed by atoms with van der Waals surface area (Å²) in [4.78, 5) is 8.16. The van der Waals surface area contributed by atoms with E-state index >= 15 is 0 Å². The Hall–Kier alpha value is -1.94. The van der Waals surface area contributed by atoms with Crippen molar-refractivity contribution < 1.29 is 4.74 Å². The highest BCUT2D eigenvalue weighted by Crippen LogP contribution is 2.23. The first-order valence-corrected chi connectivity index (χ1v) is 5.45. The second-order valence-electron chi connectivity index (χ2n) is 3.70. The smallest absolute Gasteiger partial charge is 0.118 e. The molecule has 1 aromatic carbocycles. The molecule has 0 saturated heterocycles. The normalized spacial score (nSPS) is 12.1. The van der Waals surface area contributed by atoms with E-state index in [1.807, 2.05) is 30.3 Å². The Morgan fingerprint density at radius 2 is 2.00 bits per heavy atom. The molecule has 0 fully saturated rings. The number of methoxy groups -OCH3 is 1. The summed E-state index contributed by atoms with van der Waals surface area (Å²) in [6.07, 6.45) is 3.27. The lowest BCUT2D eigenvalue weighted by Gasteiger charge is -2.14. The third-order valence-electron chi connectivity index (χ3n) is 2.72. The average molecular weight is 229 g/mol.